The van der Waals surface area contributed by atoms with Gasteiger partial charge in [-0.2, -0.15) is 0 Å². The first-order valence-electron chi connectivity index (χ1n) is 4.19. The van der Waals surface area contributed by atoms with E-state index in [-0.39, 0.29) is 19.3 Å². The Kier molecular flexibility index (Phi) is 3.81. The molecular formula is C9H16F2O. The van der Waals surface area contributed by atoms with Crippen LogP contribution in [0.5, 0.6) is 0 Å². The van der Waals surface area contributed by atoms with Gasteiger partial charge in [0.05, 0.1) is 0 Å². The molecule has 0 amide bonds. The molecule has 0 unspecified atom stereocenters. The SMILES string of the molecule is CCC(F)(F)C(C)(C)CCC=O. The fourth-order valence-corrected chi connectivity index (χ4v) is 1.08. The number of hydrogen-bond donors (Lipinski definition) is 0. The fourth-order valence-electron chi connectivity index (χ4n) is 1.08. The Hall–Kier alpha value is -0.470. The van der Waals surface area contributed by atoms with Gasteiger partial charge in [0.2, 0.25) is 0 Å². The number of alkyl halides is 2. The molecule has 0 atom stereocenters. The van der Waals surface area contributed by atoms with E-state index in [2.05, 4.69) is 0 Å². The summed E-state index contributed by atoms with van der Waals surface area (Å²) in [6.45, 7) is 4.46. The van der Waals surface area contributed by atoms with Crippen LogP contribution in [0.4, 0.5) is 8.78 Å². The fraction of sp³-hybridized carbons (Fsp3) is 0.889. The summed E-state index contributed by atoms with van der Waals surface area (Å²) >= 11 is 0. The molecule has 0 aliphatic rings. The number of halogens is 2. The quantitative estimate of drug-likeness (QED) is 0.591. The van der Waals surface area contributed by atoms with Gasteiger partial charge in [0.1, 0.15) is 6.29 Å². The van der Waals surface area contributed by atoms with Gasteiger partial charge in [-0.25, -0.2) is 8.78 Å². The van der Waals surface area contributed by atoms with Crippen LogP contribution in [-0.4, -0.2) is 12.2 Å². The molecule has 3 heteroatoms. The van der Waals surface area contributed by atoms with E-state index in [1.165, 1.54) is 20.8 Å². The first-order chi connectivity index (χ1) is 5.37. The molecule has 0 aromatic rings. The van der Waals surface area contributed by atoms with Crippen LogP contribution in [0.15, 0.2) is 0 Å². The Labute approximate surface area is 72.2 Å². The molecular weight excluding hydrogens is 162 g/mol. The molecule has 0 aromatic heterocycles. The Morgan fingerprint density at radius 1 is 1.33 bits per heavy atom. The lowest BCUT2D eigenvalue weighted by molar-refractivity contribution is -0.119. The Balaban J connectivity index is 4.26. The predicted octanol–water partition coefficient (Wildman–Crippen LogP) is 3.04. The molecule has 72 valence electrons. The first kappa shape index (κ1) is 11.5. The summed E-state index contributed by atoms with van der Waals surface area (Å²) in [5.41, 5.74) is -1.07. The lowest BCUT2D eigenvalue weighted by Crippen LogP contribution is -2.35. The molecule has 0 saturated carbocycles. The van der Waals surface area contributed by atoms with Crippen molar-refractivity contribution in [3.05, 3.63) is 0 Å². The molecule has 12 heavy (non-hydrogen) atoms. The van der Waals surface area contributed by atoms with E-state index in [1.807, 2.05) is 0 Å². The zero-order chi connectivity index (χ0) is 9.83. The molecule has 0 aliphatic heterocycles. The minimum atomic E-state index is -2.67. The number of aldehydes is 1. The molecule has 0 heterocycles. The molecule has 0 saturated heterocycles. The van der Waals surface area contributed by atoms with Crippen LogP contribution in [-0.2, 0) is 4.79 Å². The van der Waals surface area contributed by atoms with E-state index in [0.29, 0.717) is 6.29 Å². The third-order valence-electron chi connectivity index (χ3n) is 2.32. The third-order valence-corrected chi connectivity index (χ3v) is 2.32. The second kappa shape index (κ2) is 3.97. The first-order valence-corrected chi connectivity index (χ1v) is 4.19. The van der Waals surface area contributed by atoms with Crippen molar-refractivity contribution in [1.82, 2.24) is 0 Å². The molecule has 0 rings (SSSR count). The summed E-state index contributed by atoms with van der Waals surface area (Å²) in [5, 5.41) is 0. The Bertz CT molecular complexity index is 153. The highest BCUT2D eigenvalue weighted by atomic mass is 19.3. The summed E-state index contributed by atoms with van der Waals surface area (Å²) in [7, 11) is 0. The van der Waals surface area contributed by atoms with Crippen LogP contribution in [0.1, 0.15) is 40.0 Å². The molecule has 0 fully saturated rings. The molecule has 0 aromatic carbocycles. The maximum absolute atomic E-state index is 13.1. The monoisotopic (exact) mass is 178 g/mol. The van der Waals surface area contributed by atoms with Gasteiger partial charge in [-0.1, -0.05) is 20.8 Å². The lowest BCUT2D eigenvalue weighted by Gasteiger charge is -2.32. The maximum Gasteiger partial charge on any atom is 0.252 e. The third kappa shape index (κ3) is 2.54. The van der Waals surface area contributed by atoms with Crippen molar-refractivity contribution in [1.29, 1.82) is 0 Å². The number of carbonyl (C=O) groups excluding carboxylic acids is 1. The number of hydrogen-bond acceptors (Lipinski definition) is 1. The zero-order valence-electron chi connectivity index (χ0n) is 7.86. The van der Waals surface area contributed by atoms with Crippen LogP contribution in [0.25, 0.3) is 0 Å². The summed E-state index contributed by atoms with van der Waals surface area (Å²) in [6, 6.07) is 0. The van der Waals surface area contributed by atoms with E-state index in [0.717, 1.165) is 0 Å². The van der Waals surface area contributed by atoms with Gasteiger partial charge < -0.3 is 4.79 Å². The minimum absolute atomic E-state index is 0.168. The van der Waals surface area contributed by atoms with Gasteiger partial charge in [-0.3, -0.25) is 0 Å². The van der Waals surface area contributed by atoms with Gasteiger partial charge >= 0.3 is 0 Å². The van der Waals surface area contributed by atoms with E-state index < -0.39 is 11.3 Å². The number of carbonyl (C=O) groups is 1. The van der Waals surface area contributed by atoms with Gasteiger partial charge in [-0.15, -0.1) is 0 Å². The largest absolute Gasteiger partial charge is 0.303 e. The van der Waals surface area contributed by atoms with Crippen molar-refractivity contribution in [2.75, 3.05) is 0 Å². The molecule has 0 aliphatic carbocycles. The van der Waals surface area contributed by atoms with Crippen molar-refractivity contribution in [3.8, 4) is 0 Å². The number of rotatable bonds is 5. The van der Waals surface area contributed by atoms with E-state index in [1.54, 1.807) is 0 Å². The molecule has 0 spiro atoms. The van der Waals surface area contributed by atoms with Gasteiger partial charge in [-0.05, 0) is 6.42 Å². The van der Waals surface area contributed by atoms with Crippen molar-refractivity contribution >= 4 is 6.29 Å². The Morgan fingerprint density at radius 2 is 1.83 bits per heavy atom. The average molecular weight is 178 g/mol. The molecule has 0 bridgehead atoms. The van der Waals surface area contributed by atoms with Crippen LogP contribution >= 0.6 is 0 Å². The molecule has 0 N–H and O–H groups in total. The van der Waals surface area contributed by atoms with Crippen LogP contribution in [0, 0.1) is 5.41 Å². The summed E-state index contributed by atoms with van der Waals surface area (Å²) in [5.74, 6) is -2.67. The van der Waals surface area contributed by atoms with Gasteiger partial charge in [0.25, 0.3) is 5.92 Å². The lowest BCUT2D eigenvalue weighted by atomic mass is 9.80. The smallest absolute Gasteiger partial charge is 0.252 e. The predicted molar refractivity (Wildman–Crippen MR) is 44.3 cm³/mol. The highest BCUT2D eigenvalue weighted by Crippen LogP contribution is 2.41. The van der Waals surface area contributed by atoms with E-state index in [9.17, 15) is 13.6 Å². The van der Waals surface area contributed by atoms with E-state index in [4.69, 9.17) is 0 Å². The molecule has 0 radical (unpaired) electrons. The van der Waals surface area contributed by atoms with E-state index >= 15 is 0 Å². The average Bonchev–Trinajstić information content (AvgIpc) is 2.00. The van der Waals surface area contributed by atoms with Crippen molar-refractivity contribution in [2.24, 2.45) is 5.41 Å². The summed E-state index contributed by atoms with van der Waals surface area (Å²) in [6.07, 6.45) is 0.978. The highest BCUT2D eigenvalue weighted by molar-refractivity contribution is 5.49. The van der Waals surface area contributed by atoms with Gasteiger partial charge in [0, 0.05) is 18.3 Å². The summed E-state index contributed by atoms with van der Waals surface area (Å²) < 4.78 is 26.3. The minimum Gasteiger partial charge on any atom is -0.303 e. The standard InChI is InChI=1S/C9H16F2O/c1-4-9(10,11)8(2,3)6-5-7-12/h7H,4-6H2,1-3H3. The van der Waals surface area contributed by atoms with Crippen LogP contribution in [0.3, 0.4) is 0 Å². The molecule has 1 nitrogen and oxygen atoms in total. The second-order valence-corrected chi connectivity index (χ2v) is 3.65. The maximum atomic E-state index is 13.1. The zero-order valence-corrected chi connectivity index (χ0v) is 7.86. The van der Waals surface area contributed by atoms with Crippen molar-refractivity contribution in [2.45, 2.75) is 46.0 Å². The topological polar surface area (TPSA) is 17.1 Å². The normalized spacial score (nSPS) is 13.1. The summed E-state index contributed by atoms with van der Waals surface area (Å²) in [4.78, 5) is 10.0. The van der Waals surface area contributed by atoms with Gasteiger partial charge in [0.15, 0.2) is 0 Å². The van der Waals surface area contributed by atoms with Crippen LogP contribution < -0.4 is 0 Å². The second-order valence-electron chi connectivity index (χ2n) is 3.65. The Morgan fingerprint density at radius 3 is 2.17 bits per heavy atom. The van der Waals surface area contributed by atoms with Crippen molar-refractivity contribution < 1.29 is 13.6 Å². The van der Waals surface area contributed by atoms with Crippen molar-refractivity contribution in [3.63, 3.8) is 0 Å². The highest BCUT2D eigenvalue weighted by Gasteiger charge is 2.43. The van der Waals surface area contributed by atoms with Crippen LogP contribution in [0.2, 0.25) is 0 Å².